The number of nitrogens with two attached hydrogens (primary N) is 1. The van der Waals surface area contributed by atoms with E-state index in [1.165, 1.54) is 0 Å². The fourth-order valence-corrected chi connectivity index (χ4v) is 1.30. The van der Waals surface area contributed by atoms with Gasteiger partial charge in [-0.1, -0.05) is 24.3 Å². The lowest BCUT2D eigenvalue weighted by atomic mass is 10.1. The predicted octanol–water partition coefficient (Wildman–Crippen LogP) is 1.94. The van der Waals surface area contributed by atoms with E-state index >= 15 is 0 Å². The van der Waals surface area contributed by atoms with Crippen LogP contribution in [0.4, 0.5) is 5.69 Å². The van der Waals surface area contributed by atoms with Gasteiger partial charge >= 0.3 is 0 Å². The standard InChI is InChI=1S/C11H16N2/c1-4-10(12)9-7-5-6-8-11(9)13(2)3/h4-8,10H,1,12H2,2-3H3/t10-/m0/s1. The second-order valence-electron chi connectivity index (χ2n) is 3.21. The minimum absolute atomic E-state index is 0.0846. The lowest BCUT2D eigenvalue weighted by Gasteiger charge is -2.19. The second-order valence-corrected chi connectivity index (χ2v) is 3.21. The summed E-state index contributed by atoms with van der Waals surface area (Å²) in [7, 11) is 4.02. The van der Waals surface area contributed by atoms with E-state index in [0.717, 1.165) is 11.3 Å². The fourth-order valence-electron chi connectivity index (χ4n) is 1.30. The van der Waals surface area contributed by atoms with Gasteiger partial charge < -0.3 is 10.6 Å². The van der Waals surface area contributed by atoms with Crippen molar-refractivity contribution in [3.8, 4) is 0 Å². The number of hydrogen-bond acceptors (Lipinski definition) is 2. The van der Waals surface area contributed by atoms with Gasteiger partial charge in [-0.3, -0.25) is 0 Å². The Morgan fingerprint density at radius 1 is 1.38 bits per heavy atom. The van der Waals surface area contributed by atoms with E-state index in [9.17, 15) is 0 Å². The molecule has 0 bridgehead atoms. The molecule has 13 heavy (non-hydrogen) atoms. The van der Waals surface area contributed by atoms with Gasteiger partial charge in [0.15, 0.2) is 0 Å². The fraction of sp³-hybridized carbons (Fsp3) is 0.273. The molecule has 2 nitrogen and oxygen atoms in total. The van der Waals surface area contributed by atoms with Crippen LogP contribution in [0, 0.1) is 0 Å². The van der Waals surface area contributed by atoms with Crippen LogP contribution in [0.3, 0.4) is 0 Å². The van der Waals surface area contributed by atoms with E-state index in [1.807, 2.05) is 32.3 Å². The molecule has 0 fully saturated rings. The van der Waals surface area contributed by atoms with Crippen molar-refractivity contribution in [1.82, 2.24) is 0 Å². The summed E-state index contributed by atoms with van der Waals surface area (Å²) in [5.74, 6) is 0. The van der Waals surface area contributed by atoms with Crippen molar-refractivity contribution in [2.75, 3.05) is 19.0 Å². The summed E-state index contributed by atoms with van der Waals surface area (Å²) in [6, 6.07) is 8.00. The van der Waals surface area contributed by atoms with Crippen LogP contribution in [0.1, 0.15) is 11.6 Å². The van der Waals surface area contributed by atoms with Crippen LogP contribution in [-0.4, -0.2) is 14.1 Å². The van der Waals surface area contributed by atoms with Crippen molar-refractivity contribution in [3.63, 3.8) is 0 Å². The van der Waals surface area contributed by atoms with Crippen LogP contribution < -0.4 is 10.6 Å². The average Bonchev–Trinajstić information content (AvgIpc) is 2.16. The molecule has 70 valence electrons. The minimum Gasteiger partial charge on any atom is -0.377 e. The van der Waals surface area contributed by atoms with Crippen molar-refractivity contribution >= 4 is 5.69 Å². The molecule has 1 rings (SSSR count). The van der Waals surface area contributed by atoms with Crippen LogP contribution in [0.25, 0.3) is 0 Å². The third kappa shape index (κ3) is 2.10. The highest BCUT2D eigenvalue weighted by Gasteiger charge is 2.07. The Labute approximate surface area is 79.7 Å². The number of benzene rings is 1. The monoisotopic (exact) mass is 176 g/mol. The van der Waals surface area contributed by atoms with E-state index in [-0.39, 0.29) is 6.04 Å². The van der Waals surface area contributed by atoms with Crippen LogP contribution >= 0.6 is 0 Å². The molecule has 2 heteroatoms. The number of hydrogen-bond donors (Lipinski definition) is 1. The molecule has 0 radical (unpaired) electrons. The largest absolute Gasteiger partial charge is 0.377 e. The highest BCUT2D eigenvalue weighted by molar-refractivity contribution is 5.54. The van der Waals surface area contributed by atoms with Gasteiger partial charge in [0.25, 0.3) is 0 Å². The molecule has 0 saturated heterocycles. The topological polar surface area (TPSA) is 29.3 Å². The predicted molar refractivity (Wildman–Crippen MR) is 57.9 cm³/mol. The average molecular weight is 176 g/mol. The SMILES string of the molecule is C=C[C@H](N)c1ccccc1N(C)C. The first-order chi connectivity index (χ1) is 6.16. The molecule has 1 atom stereocenters. The molecule has 0 heterocycles. The van der Waals surface area contributed by atoms with Gasteiger partial charge in [-0.25, -0.2) is 0 Å². The van der Waals surface area contributed by atoms with E-state index in [2.05, 4.69) is 17.5 Å². The van der Waals surface area contributed by atoms with Gasteiger partial charge in [-0.15, -0.1) is 6.58 Å². The lowest BCUT2D eigenvalue weighted by Crippen LogP contribution is -2.15. The lowest BCUT2D eigenvalue weighted by molar-refractivity contribution is 0.902. The molecule has 0 amide bonds. The maximum atomic E-state index is 5.89. The molecule has 0 spiro atoms. The number of nitrogens with zero attached hydrogens (tertiary/aromatic N) is 1. The van der Waals surface area contributed by atoms with Gasteiger partial charge in [0.05, 0.1) is 0 Å². The van der Waals surface area contributed by atoms with E-state index in [1.54, 1.807) is 6.08 Å². The van der Waals surface area contributed by atoms with E-state index in [0.29, 0.717) is 0 Å². The summed E-state index contributed by atoms with van der Waals surface area (Å²) < 4.78 is 0. The van der Waals surface area contributed by atoms with E-state index < -0.39 is 0 Å². The molecule has 2 N–H and O–H groups in total. The third-order valence-corrected chi connectivity index (χ3v) is 2.03. The maximum Gasteiger partial charge on any atom is 0.0499 e. The smallest absolute Gasteiger partial charge is 0.0499 e. The van der Waals surface area contributed by atoms with Crippen molar-refractivity contribution in [2.45, 2.75) is 6.04 Å². The Kier molecular flexibility index (Phi) is 3.09. The van der Waals surface area contributed by atoms with E-state index in [4.69, 9.17) is 5.73 Å². The Bertz CT molecular complexity index is 292. The molecule has 1 aromatic rings. The van der Waals surface area contributed by atoms with Gasteiger partial charge in [-0.05, 0) is 11.6 Å². The normalized spacial score (nSPS) is 12.2. The summed E-state index contributed by atoms with van der Waals surface area (Å²) in [4.78, 5) is 2.05. The molecule has 0 aromatic heterocycles. The Morgan fingerprint density at radius 2 is 2.00 bits per heavy atom. The Hall–Kier alpha value is -1.28. The molecule has 0 unspecified atom stereocenters. The number of para-hydroxylation sites is 1. The van der Waals surface area contributed by atoms with Gasteiger partial charge in [0.1, 0.15) is 0 Å². The maximum absolute atomic E-state index is 5.89. The number of rotatable bonds is 3. The summed E-state index contributed by atoms with van der Waals surface area (Å²) in [6.07, 6.45) is 1.75. The van der Waals surface area contributed by atoms with Crippen LogP contribution in [0.15, 0.2) is 36.9 Å². The highest BCUT2D eigenvalue weighted by atomic mass is 15.1. The quantitative estimate of drug-likeness (QED) is 0.713. The second kappa shape index (κ2) is 4.10. The van der Waals surface area contributed by atoms with Crippen molar-refractivity contribution in [2.24, 2.45) is 5.73 Å². The zero-order valence-corrected chi connectivity index (χ0v) is 8.20. The van der Waals surface area contributed by atoms with Crippen LogP contribution in [0.5, 0.6) is 0 Å². The van der Waals surface area contributed by atoms with Gasteiger partial charge in [-0.2, -0.15) is 0 Å². The summed E-state index contributed by atoms with van der Waals surface area (Å²) in [6.45, 7) is 3.69. The van der Waals surface area contributed by atoms with Crippen molar-refractivity contribution in [3.05, 3.63) is 42.5 Å². The molecule has 0 aliphatic heterocycles. The van der Waals surface area contributed by atoms with Crippen LogP contribution in [-0.2, 0) is 0 Å². The van der Waals surface area contributed by atoms with Crippen molar-refractivity contribution < 1.29 is 0 Å². The first-order valence-corrected chi connectivity index (χ1v) is 4.31. The molecule has 1 aromatic carbocycles. The van der Waals surface area contributed by atoms with Gasteiger partial charge in [0.2, 0.25) is 0 Å². The summed E-state index contributed by atoms with van der Waals surface area (Å²) in [5, 5.41) is 0. The molecular formula is C11H16N2. The Morgan fingerprint density at radius 3 is 2.54 bits per heavy atom. The van der Waals surface area contributed by atoms with Crippen LogP contribution in [0.2, 0.25) is 0 Å². The first-order valence-electron chi connectivity index (χ1n) is 4.31. The third-order valence-electron chi connectivity index (χ3n) is 2.03. The molecular weight excluding hydrogens is 160 g/mol. The number of anilines is 1. The molecule has 0 saturated carbocycles. The molecule has 0 aliphatic rings. The van der Waals surface area contributed by atoms with Gasteiger partial charge in [0, 0.05) is 25.8 Å². The highest BCUT2D eigenvalue weighted by Crippen LogP contribution is 2.23. The minimum atomic E-state index is -0.0846. The summed E-state index contributed by atoms with van der Waals surface area (Å²) in [5.41, 5.74) is 8.15. The summed E-state index contributed by atoms with van der Waals surface area (Å²) >= 11 is 0. The first kappa shape index (κ1) is 9.81. The zero-order chi connectivity index (χ0) is 9.84. The Balaban J connectivity index is 3.11. The zero-order valence-electron chi connectivity index (χ0n) is 8.20. The molecule has 0 aliphatic carbocycles. The van der Waals surface area contributed by atoms with Crippen molar-refractivity contribution in [1.29, 1.82) is 0 Å².